The number of anilines is 3. The van der Waals surface area contributed by atoms with Crippen molar-refractivity contribution in [1.29, 1.82) is 0 Å². The van der Waals surface area contributed by atoms with E-state index in [1.807, 2.05) is 31.2 Å². The number of aromatic nitrogens is 12. The van der Waals surface area contributed by atoms with Gasteiger partial charge in [0.2, 0.25) is 0 Å². The Morgan fingerprint density at radius 2 is 1.11 bits per heavy atom. The number of imidazole rings is 3. The van der Waals surface area contributed by atoms with E-state index in [0.29, 0.717) is 92.2 Å². The maximum atomic E-state index is 14.3. The van der Waals surface area contributed by atoms with Gasteiger partial charge in [-0.15, -0.1) is 0 Å². The summed E-state index contributed by atoms with van der Waals surface area (Å²) in [5, 5.41) is 7.41. The molecule has 5 N–H and O–H groups in total. The smallest absolute Gasteiger partial charge is 0.463 e. The van der Waals surface area contributed by atoms with Crippen LogP contribution in [0.15, 0.2) is 82.4 Å². The van der Waals surface area contributed by atoms with Crippen LogP contribution in [0.5, 0.6) is 24.0 Å². The number of aryl methyl sites for hydroxylation is 1. The molecule has 2 unspecified atom stereocenters. The van der Waals surface area contributed by atoms with Gasteiger partial charge in [-0.05, 0) is 106 Å². The second kappa shape index (κ2) is 30.5. The zero-order valence-electron chi connectivity index (χ0n) is 55.4. The van der Waals surface area contributed by atoms with Crippen LogP contribution < -0.4 is 46.7 Å². The molecule has 504 valence electrons. The van der Waals surface area contributed by atoms with E-state index in [-0.39, 0.29) is 78.5 Å². The summed E-state index contributed by atoms with van der Waals surface area (Å²) in [6, 6.07) is 25.5. The van der Waals surface area contributed by atoms with Crippen molar-refractivity contribution in [3.63, 3.8) is 0 Å². The lowest BCUT2D eigenvalue weighted by molar-refractivity contribution is 0.0691. The highest BCUT2D eigenvalue weighted by Crippen LogP contribution is 2.31. The molecule has 9 aromatic rings. The van der Waals surface area contributed by atoms with E-state index < -0.39 is 12.3 Å². The highest BCUT2D eigenvalue weighted by Gasteiger charge is 2.30. The fourth-order valence-electron chi connectivity index (χ4n) is 12.8. The Morgan fingerprint density at radius 1 is 0.589 bits per heavy atom. The van der Waals surface area contributed by atoms with Gasteiger partial charge in [-0.2, -0.15) is 34.9 Å². The van der Waals surface area contributed by atoms with Crippen LogP contribution in [-0.2, 0) is 55.3 Å². The normalized spacial score (nSPS) is 16.3. The van der Waals surface area contributed by atoms with Crippen molar-refractivity contribution < 1.29 is 33.2 Å². The average molecular weight is 1300 g/mol. The van der Waals surface area contributed by atoms with E-state index in [1.54, 1.807) is 39.2 Å². The Morgan fingerprint density at radius 3 is 1.68 bits per heavy atom. The number of carbonyl (C=O) groups is 1. The zero-order valence-corrected chi connectivity index (χ0v) is 55.4. The highest BCUT2D eigenvalue weighted by molar-refractivity contribution is 5.86. The number of fused-ring (bicyclic) bond motifs is 3. The number of H-pyrrole nitrogens is 1. The van der Waals surface area contributed by atoms with Gasteiger partial charge in [-0.25, -0.2) is 14.4 Å². The number of rotatable bonds is 31. The molecule has 0 spiro atoms. The Kier molecular flexibility index (Phi) is 21.1. The maximum Gasteiger partial charge on any atom is 0.516 e. The fraction of sp³-hybridized carbons (Fsp3) is 0.500. The van der Waals surface area contributed by atoms with Crippen molar-refractivity contribution in [3.05, 3.63) is 127 Å². The summed E-state index contributed by atoms with van der Waals surface area (Å²) in [5.41, 5.74) is 15.0. The standard InChI is InChI=1S/C68H88N18O9/c1-7-10-29-91-62-74-56(69)53-59(77-62)85(66(73-53)95-68(89)94-44(4)5)40-49-21-16-19-47(35-49)38-81-27-23-51(42-81)70-57-54-60(78-63(75-57)92-30-11-8-2)84(65(87)72-54)39-48-20-15-18-46(34-48)37-82-28-24-52(43-82)71-58-55-61(79-64(76-58)93-32-31-90-6)86(67(88)83(55)9-3)41-50-22-14-17-45(33-50)36-80-25-12-13-26-80/h14-22,33-35,44,51-52H,7-13,23-32,36-43H2,1-6H3,(H,72,87)(H2,69,74,77)(H,70,75,78)(H,71,76,79). The Labute approximate surface area is 551 Å². The number of ether oxygens (including phenoxy) is 6. The van der Waals surface area contributed by atoms with Gasteiger partial charge in [-0.3, -0.25) is 33.0 Å². The van der Waals surface area contributed by atoms with Crippen LogP contribution in [0.25, 0.3) is 33.5 Å². The molecule has 3 fully saturated rings. The molecule has 0 aliphatic carbocycles. The van der Waals surface area contributed by atoms with Gasteiger partial charge in [0, 0.05) is 71.6 Å². The minimum absolute atomic E-state index is 0.00625. The molecular weight excluding hydrogens is 1210 g/mol. The molecular formula is C68H88N18O9. The van der Waals surface area contributed by atoms with Crippen molar-refractivity contribution in [2.45, 2.75) is 150 Å². The largest absolute Gasteiger partial charge is 0.516 e. The third kappa shape index (κ3) is 16.0. The monoisotopic (exact) mass is 1300 g/mol. The zero-order chi connectivity index (χ0) is 66.0. The van der Waals surface area contributed by atoms with Crippen molar-refractivity contribution in [3.8, 4) is 24.0 Å². The molecule has 0 bridgehead atoms. The number of nitrogens with two attached hydrogens (primary N) is 1. The minimum atomic E-state index is -0.900. The number of hydrogen-bond donors (Lipinski definition) is 4. The number of nitrogens with one attached hydrogen (secondary N) is 3. The van der Waals surface area contributed by atoms with E-state index in [1.165, 1.54) is 18.4 Å². The van der Waals surface area contributed by atoms with Crippen LogP contribution in [0.4, 0.5) is 22.2 Å². The third-order valence-electron chi connectivity index (χ3n) is 17.4. The summed E-state index contributed by atoms with van der Waals surface area (Å²) in [5.74, 6) is 1.17. The molecule has 27 nitrogen and oxygen atoms in total. The summed E-state index contributed by atoms with van der Waals surface area (Å²) in [6.07, 6.45) is 6.31. The summed E-state index contributed by atoms with van der Waals surface area (Å²) in [6.45, 7) is 19.9. The van der Waals surface area contributed by atoms with Gasteiger partial charge in [0.1, 0.15) is 17.6 Å². The number of methoxy groups -OCH3 is 1. The van der Waals surface area contributed by atoms with Crippen molar-refractivity contribution in [2.24, 2.45) is 0 Å². The molecule has 2 atom stereocenters. The minimum Gasteiger partial charge on any atom is -0.463 e. The van der Waals surface area contributed by atoms with E-state index >= 15 is 0 Å². The first-order valence-corrected chi connectivity index (χ1v) is 33.5. The first-order chi connectivity index (χ1) is 46.3. The molecule has 27 heteroatoms. The van der Waals surface area contributed by atoms with Crippen LogP contribution in [0.1, 0.15) is 119 Å². The third-order valence-corrected chi connectivity index (χ3v) is 17.4. The summed E-state index contributed by atoms with van der Waals surface area (Å²) in [7, 11) is 1.62. The van der Waals surface area contributed by atoms with Gasteiger partial charge in [0.05, 0.1) is 45.6 Å². The van der Waals surface area contributed by atoms with Gasteiger partial charge in [0.15, 0.2) is 39.9 Å². The van der Waals surface area contributed by atoms with Gasteiger partial charge in [-0.1, -0.05) is 99.5 Å². The number of carbonyl (C=O) groups excluding carboxylic acids is 1. The van der Waals surface area contributed by atoms with E-state index in [4.69, 9.17) is 54.1 Å². The molecule has 6 aromatic heterocycles. The van der Waals surface area contributed by atoms with Crippen LogP contribution in [0.2, 0.25) is 0 Å². The summed E-state index contributed by atoms with van der Waals surface area (Å²) >= 11 is 0. The Bertz CT molecular complexity index is 4250. The topological polar surface area (TPSA) is 292 Å². The second-order valence-electron chi connectivity index (χ2n) is 25.2. The molecule has 3 saturated heterocycles. The molecule has 3 aromatic carbocycles. The molecule has 0 amide bonds. The molecule has 9 heterocycles. The predicted molar refractivity (Wildman–Crippen MR) is 362 cm³/mol. The number of nitrogens with zero attached hydrogens (tertiary/aromatic N) is 14. The lowest BCUT2D eigenvalue weighted by Gasteiger charge is -2.19. The molecule has 3 aliphatic heterocycles. The highest BCUT2D eigenvalue weighted by atomic mass is 16.7. The quantitative estimate of drug-likeness (QED) is 0.0235. The Balaban J connectivity index is 0.716. The number of unbranched alkanes of at least 4 members (excludes halogenated alkanes) is 2. The van der Waals surface area contributed by atoms with E-state index in [0.717, 1.165) is 106 Å². The lowest BCUT2D eigenvalue weighted by Crippen LogP contribution is -2.27. The number of likely N-dealkylation sites (tertiary alicyclic amines) is 3. The molecule has 95 heavy (non-hydrogen) atoms. The first kappa shape index (κ1) is 65.9. The SMILES string of the molecule is CCCCOc1nc(N)c2nc(OC(=O)OC(C)C)n(Cc3cccc(CN4CCC(Nc5nc(OCCCC)nc6c5[nH]c(=O)n6Cc5cccc(CN6CCC(Nc7nc(OCCOC)nc8c7n(CC)c(=O)n8Cc7cccc(CN8CCCC8)c7)C6)c5)C4)c3)c2n1. The number of aromatic amines is 1. The Hall–Kier alpha value is -9.18. The van der Waals surface area contributed by atoms with Crippen LogP contribution in [0.3, 0.4) is 0 Å². The van der Waals surface area contributed by atoms with Gasteiger partial charge in [0.25, 0.3) is 0 Å². The number of hydrogen-bond acceptors (Lipinski definition) is 22. The molecule has 0 radical (unpaired) electrons. The van der Waals surface area contributed by atoms with E-state index in [2.05, 4.69) is 108 Å². The lowest BCUT2D eigenvalue weighted by atomic mass is 10.1. The van der Waals surface area contributed by atoms with E-state index in [9.17, 15) is 14.4 Å². The van der Waals surface area contributed by atoms with Gasteiger partial charge < -0.3 is 49.8 Å². The summed E-state index contributed by atoms with van der Waals surface area (Å²) in [4.78, 5) is 84.6. The van der Waals surface area contributed by atoms with Crippen molar-refractivity contribution >= 4 is 57.1 Å². The molecule has 3 aliphatic rings. The van der Waals surface area contributed by atoms with Crippen molar-refractivity contribution in [1.82, 2.24) is 72.8 Å². The molecule has 12 rings (SSSR count). The maximum absolute atomic E-state index is 14.3. The van der Waals surface area contributed by atoms with Crippen LogP contribution in [-0.4, -0.2) is 170 Å². The average Bonchev–Trinajstić information content (AvgIpc) is 1.64. The van der Waals surface area contributed by atoms with Crippen LogP contribution >= 0.6 is 0 Å². The fourth-order valence-corrected chi connectivity index (χ4v) is 12.8. The number of nitrogen functional groups attached to an aromatic ring is 1. The predicted octanol–water partition coefficient (Wildman–Crippen LogP) is 8.19. The van der Waals surface area contributed by atoms with Crippen molar-refractivity contribution in [2.75, 3.05) is 89.2 Å². The number of benzene rings is 3. The first-order valence-electron chi connectivity index (χ1n) is 33.5. The molecule has 0 saturated carbocycles. The summed E-state index contributed by atoms with van der Waals surface area (Å²) < 4.78 is 41.1. The van der Waals surface area contributed by atoms with Gasteiger partial charge >= 0.3 is 41.6 Å². The van der Waals surface area contributed by atoms with Crippen LogP contribution in [0, 0.1) is 0 Å². The second-order valence-corrected chi connectivity index (χ2v) is 25.2.